The van der Waals surface area contributed by atoms with Crippen molar-refractivity contribution in [3.8, 4) is 0 Å². The Balaban J connectivity index is 0.000000640. The molecular weight excluding hydrogens is 335 g/mol. The summed E-state index contributed by atoms with van der Waals surface area (Å²) in [5.74, 6) is 0. The molecule has 0 aliphatic carbocycles. The summed E-state index contributed by atoms with van der Waals surface area (Å²) in [6, 6.07) is 0. The van der Waals surface area contributed by atoms with Gasteiger partial charge in [0.2, 0.25) is 0 Å². The van der Waals surface area contributed by atoms with Crippen LogP contribution in [0, 0.1) is 44.1 Å². The van der Waals surface area contributed by atoms with Crippen molar-refractivity contribution in [1.29, 1.82) is 0 Å². The van der Waals surface area contributed by atoms with E-state index in [0.29, 0.717) is 6.61 Å². The third-order valence-electron chi connectivity index (χ3n) is 1.07. The van der Waals surface area contributed by atoms with Gasteiger partial charge in [-0.15, -0.1) is 0 Å². The van der Waals surface area contributed by atoms with Crippen molar-refractivity contribution in [1.82, 2.24) is 0 Å². The Labute approximate surface area is 90.3 Å². The average Bonchev–Trinajstić information content (AvgIpc) is 2.14. The first-order chi connectivity index (χ1) is 3.83. The molecule has 9 heavy (non-hydrogen) atoms. The van der Waals surface area contributed by atoms with Gasteiger partial charge in [-0.3, -0.25) is 0 Å². The van der Waals surface area contributed by atoms with Gasteiger partial charge in [0.25, 0.3) is 0 Å². The molecule has 2 atom stereocenters. The molecule has 1 rings (SSSR count). The molecule has 1 radical (unpaired) electrons. The van der Waals surface area contributed by atoms with Crippen molar-refractivity contribution in [2.45, 2.75) is 25.9 Å². The summed E-state index contributed by atoms with van der Waals surface area (Å²) in [5.41, 5.74) is 0. The number of rotatable bonds is 1. The number of aliphatic hydroxyl groups excluding tert-OH is 1. The van der Waals surface area contributed by atoms with E-state index in [1.54, 1.807) is 0 Å². The number of ether oxygens (including phenoxy) is 2. The summed E-state index contributed by atoms with van der Waals surface area (Å²) in [7, 11) is 0. The fraction of sp³-hybridized carbons (Fsp3) is 1.00. The maximum atomic E-state index is 8.68. The van der Waals surface area contributed by atoms with Crippen LogP contribution in [0.3, 0.4) is 0 Å². The molecule has 0 spiro atoms. The summed E-state index contributed by atoms with van der Waals surface area (Å²) >= 11 is 0. The SMILES string of the molecule is CC[C@H]1OCC(O)O1.[Ac]. The fourth-order valence-electron chi connectivity index (χ4n) is 0.657. The van der Waals surface area contributed by atoms with E-state index in [4.69, 9.17) is 14.6 Å². The van der Waals surface area contributed by atoms with Crippen LogP contribution in [0.2, 0.25) is 0 Å². The molecule has 1 aliphatic rings. The maximum Gasteiger partial charge on any atom is 0.181 e. The van der Waals surface area contributed by atoms with Gasteiger partial charge in [0.1, 0.15) is 6.61 Å². The van der Waals surface area contributed by atoms with Crippen LogP contribution in [-0.2, 0) is 9.47 Å². The average molecular weight is 345 g/mol. The van der Waals surface area contributed by atoms with Crippen molar-refractivity contribution in [2.75, 3.05) is 6.61 Å². The smallest absolute Gasteiger partial charge is 0.181 e. The van der Waals surface area contributed by atoms with Crippen LogP contribution < -0.4 is 0 Å². The predicted octanol–water partition coefficient (Wildman–Crippen LogP) is 0.0877. The van der Waals surface area contributed by atoms with Gasteiger partial charge in [0.05, 0.1) is 0 Å². The van der Waals surface area contributed by atoms with Gasteiger partial charge >= 0.3 is 0 Å². The van der Waals surface area contributed by atoms with Crippen molar-refractivity contribution in [3.63, 3.8) is 0 Å². The molecule has 0 bridgehead atoms. The topological polar surface area (TPSA) is 38.7 Å². The van der Waals surface area contributed by atoms with Crippen molar-refractivity contribution in [2.24, 2.45) is 0 Å². The third-order valence-corrected chi connectivity index (χ3v) is 1.07. The normalized spacial score (nSPS) is 34.0. The zero-order valence-corrected chi connectivity index (χ0v) is 10.2. The second kappa shape index (κ2) is 5.04. The molecule has 1 N–H and O–H groups in total. The molecule has 0 aromatic rings. The molecule has 1 aliphatic heterocycles. The molecule has 0 amide bonds. The van der Waals surface area contributed by atoms with Gasteiger partial charge in [-0.25, -0.2) is 0 Å². The van der Waals surface area contributed by atoms with Gasteiger partial charge in [0, 0.05) is 44.1 Å². The Bertz CT molecular complexity index is 78.6. The van der Waals surface area contributed by atoms with Crippen LogP contribution in [0.4, 0.5) is 0 Å². The van der Waals surface area contributed by atoms with Gasteiger partial charge < -0.3 is 14.6 Å². The van der Waals surface area contributed by atoms with Gasteiger partial charge in [-0.2, -0.15) is 0 Å². The zero-order valence-electron chi connectivity index (χ0n) is 5.41. The second-order valence-electron chi connectivity index (χ2n) is 1.76. The summed E-state index contributed by atoms with van der Waals surface area (Å²) in [6.45, 7) is 2.27. The third kappa shape index (κ3) is 3.29. The second-order valence-corrected chi connectivity index (χ2v) is 1.76. The summed E-state index contributed by atoms with van der Waals surface area (Å²) < 4.78 is 9.79. The van der Waals surface area contributed by atoms with E-state index in [9.17, 15) is 0 Å². The van der Waals surface area contributed by atoms with Crippen LogP contribution in [-0.4, -0.2) is 24.3 Å². The summed E-state index contributed by atoms with van der Waals surface area (Å²) in [6.07, 6.45) is -0.0678. The number of aliphatic hydroxyl groups is 1. The van der Waals surface area contributed by atoms with E-state index in [1.807, 2.05) is 6.92 Å². The maximum absolute atomic E-state index is 8.68. The molecule has 1 heterocycles. The Morgan fingerprint density at radius 3 is 2.56 bits per heavy atom. The minimum absolute atomic E-state index is 0. The van der Waals surface area contributed by atoms with Crippen LogP contribution >= 0.6 is 0 Å². The van der Waals surface area contributed by atoms with Crippen molar-refractivity contribution in [3.05, 3.63) is 0 Å². The minimum atomic E-state index is -0.694. The first-order valence-corrected chi connectivity index (χ1v) is 2.78. The van der Waals surface area contributed by atoms with E-state index >= 15 is 0 Å². The van der Waals surface area contributed by atoms with Crippen LogP contribution in [0.5, 0.6) is 0 Å². The van der Waals surface area contributed by atoms with Crippen LogP contribution in [0.1, 0.15) is 13.3 Å². The zero-order chi connectivity index (χ0) is 5.98. The first kappa shape index (κ1) is 10.3. The van der Waals surface area contributed by atoms with Crippen LogP contribution in [0.25, 0.3) is 0 Å². The molecular formula is C5H10AcO3. The summed E-state index contributed by atoms with van der Waals surface area (Å²) in [5, 5.41) is 8.68. The van der Waals surface area contributed by atoms with Crippen molar-refractivity contribution >= 4 is 0 Å². The predicted molar refractivity (Wildman–Crippen MR) is 27.1 cm³/mol. The van der Waals surface area contributed by atoms with E-state index < -0.39 is 6.29 Å². The Hall–Kier alpha value is 1.32. The van der Waals surface area contributed by atoms with Crippen molar-refractivity contribution < 1.29 is 58.6 Å². The minimum Gasteiger partial charge on any atom is -0.366 e. The molecule has 0 aromatic carbocycles. The Kier molecular flexibility index (Phi) is 5.78. The molecule has 51 valence electrons. The quantitative estimate of drug-likeness (QED) is 0.732. The molecule has 3 nitrogen and oxygen atoms in total. The summed E-state index contributed by atoms with van der Waals surface area (Å²) in [4.78, 5) is 0. The Morgan fingerprint density at radius 1 is 1.67 bits per heavy atom. The largest absolute Gasteiger partial charge is 0.366 e. The first-order valence-electron chi connectivity index (χ1n) is 2.78. The molecule has 1 unspecified atom stereocenters. The molecule has 4 heteroatoms. The van der Waals surface area contributed by atoms with E-state index in [0.717, 1.165) is 6.42 Å². The standard InChI is InChI=1S/C5H10O3.Ac/c1-2-5-7-3-4(6)8-5;/h4-6H,2-3H2,1H3;/t4?,5-;/m0./s1. The number of hydrogen-bond donors (Lipinski definition) is 1. The molecule has 0 aromatic heterocycles. The molecule has 1 fully saturated rings. The van der Waals surface area contributed by atoms with Crippen LogP contribution in [0.15, 0.2) is 0 Å². The van der Waals surface area contributed by atoms with E-state index in [-0.39, 0.29) is 50.4 Å². The van der Waals surface area contributed by atoms with Gasteiger partial charge in [-0.1, -0.05) is 6.92 Å². The van der Waals surface area contributed by atoms with E-state index in [1.165, 1.54) is 0 Å². The fourth-order valence-corrected chi connectivity index (χ4v) is 0.657. The Morgan fingerprint density at radius 2 is 2.33 bits per heavy atom. The van der Waals surface area contributed by atoms with Gasteiger partial charge in [0.15, 0.2) is 12.6 Å². The molecule has 0 saturated carbocycles. The van der Waals surface area contributed by atoms with E-state index in [2.05, 4.69) is 0 Å². The van der Waals surface area contributed by atoms with Gasteiger partial charge in [-0.05, 0) is 6.42 Å². The molecule has 1 saturated heterocycles. The number of hydrogen-bond acceptors (Lipinski definition) is 3. The monoisotopic (exact) mass is 345 g/mol.